The Morgan fingerprint density at radius 3 is 2.46 bits per heavy atom. The number of likely N-dealkylation sites (N-methyl/N-ethyl adjacent to an activating group) is 1. The molecule has 4 unspecified atom stereocenters. The first-order chi connectivity index (χ1) is 18.7. The van der Waals surface area contributed by atoms with Crippen LogP contribution in [0.1, 0.15) is 51.6 Å². The second-order valence-electron chi connectivity index (χ2n) is 11.3. The second kappa shape index (κ2) is 11.9. The van der Waals surface area contributed by atoms with E-state index in [0.717, 1.165) is 24.8 Å². The predicted molar refractivity (Wildman–Crippen MR) is 156 cm³/mol. The van der Waals surface area contributed by atoms with Crippen LogP contribution in [-0.4, -0.2) is 86.4 Å². The van der Waals surface area contributed by atoms with E-state index in [-0.39, 0.29) is 41.5 Å². The third kappa shape index (κ3) is 4.73. The molecule has 3 aliphatic heterocycles. The number of carbonyl (C=O) groups excluding carboxylic acids is 3. The topological polar surface area (TPSA) is 81.2 Å². The molecule has 0 aliphatic carbocycles. The number of nitrogens with zero attached hydrogens (tertiary/aromatic N) is 3. The lowest BCUT2D eigenvalue weighted by Crippen LogP contribution is -2.59. The third-order valence-electron chi connectivity index (χ3n) is 9.02. The van der Waals surface area contributed by atoms with E-state index in [4.69, 9.17) is 0 Å². The van der Waals surface area contributed by atoms with Crippen molar-refractivity contribution in [2.45, 2.75) is 68.2 Å². The van der Waals surface area contributed by atoms with Gasteiger partial charge in [0.05, 0.1) is 29.2 Å². The molecule has 3 heterocycles. The summed E-state index contributed by atoms with van der Waals surface area (Å²) in [5, 5.41) is 10.7. The summed E-state index contributed by atoms with van der Waals surface area (Å²) >= 11 is 1.67. The highest BCUT2D eigenvalue weighted by Crippen LogP contribution is 2.69. The molecule has 8 atom stereocenters. The highest BCUT2D eigenvalue weighted by Gasteiger charge is 2.77. The van der Waals surface area contributed by atoms with Gasteiger partial charge in [0.1, 0.15) is 6.04 Å². The number of carbonyl (C=O) groups is 3. The van der Waals surface area contributed by atoms with Gasteiger partial charge in [-0.15, -0.1) is 24.9 Å². The summed E-state index contributed by atoms with van der Waals surface area (Å²) in [4.78, 5) is 48.2. The Balaban J connectivity index is 1.87. The van der Waals surface area contributed by atoms with Crippen molar-refractivity contribution >= 4 is 29.5 Å². The number of likely N-dealkylation sites (tertiary alicyclic amines) is 1. The lowest BCUT2D eigenvalue weighted by molar-refractivity contribution is -0.147. The first-order valence-electron chi connectivity index (χ1n) is 14.1. The molecule has 4 rings (SSSR count). The van der Waals surface area contributed by atoms with Crippen LogP contribution in [-0.2, 0) is 14.4 Å². The molecule has 212 valence electrons. The smallest absolute Gasteiger partial charge is 0.247 e. The number of aliphatic hydroxyl groups is 1. The summed E-state index contributed by atoms with van der Waals surface area (Å²) in [5.74, 6) is -1.49. The molecule has 1 aromatic carbocycles. The van der Waals surface area contributed by atoms with Gasteiger partial charge in [-0.25, -0.2) is 0 Å². The van der Waals surface area contributed by atoms with Crippen molar-refractivity contribution in [2.24, 2.45) is 17.8 Å². The molecule has 1 spiro atoms. The van der Waals surface area contributed by atoms with E-state index in [2.05, 4.69) is 27.0 Å². The zero-order valence-electron chi connectivity index (χ0n) is 23.7. The molecule has 39 heavy (non-hydrogen) atoms. The molecule has 3 amide bonds. The van der Waals surface area contributed by atoms with Crippen LogP contribution in [0.3, 0.4) is 0 Å². The molecule has 1 aromatic rings. The van der Waals surface area contributed by atoms with Crippen LogP contribution in [0.4, 0.5) is 0 Å². The van der Waals surface area contributed by atoms with Crippen LogP contribution >= 0.6 is 11.8 Å². The minimum atomic E-state index is -0.792. The third-order valence-corrected chi connectivity index (χ3v) is 11.1. The Bertz CT molecular complexity index is 1100. The highest BCUT2D eigenvalue weighted by atomic mass is 32.2. The first-order valence-corrected chi connectivity index (χ1v) is 15.0. The van der Waals surface area contributed by atoms with Crippen LogP contribution in [0.2, 0.25) is 0 Å². The molecule has 0 saturated carbocycles. The molecule has 3 aliphatic rings. The van der Waals surface area contributed by atoms with Gasteiger partial charge in [-0.1, -0.05) is 62.8 Å². The number of fused-ring (bicyclic) bond motifs is 1. The van der Waals surface area contributed by atoms with Crippen molar-refractivity contribution in [3.63, 3.8) is 0 Å². The van der Waals surface area contributed by atoms with E-state index in [0.29, 0.717) is 13.1 Å². The quantitative estimate of drug-likeness (QED) is 0.397. The van der Waals surface area contributed by atoms with Gasteiger partial charge in [-0.3, -0.25) is 14.4 Å². The molecule has 0 radical (unpaired) electrons. The lowest BCUT2D eigenvalue weighted by atomic mass is 9.65. The maximum Gasteiger partial charge on any atom is 0.247 e. The normalized spacial score (nSPS) is 30.5. The summed E-state index contributed by atoms with van der Waals surface area (Å²) < 4.78 is -0.748. The summed E-state index contributed by atoms with van der Waals surface area (Å²) in [7, 11) is 1.75. The molecule has 0 aromatic heterocycles. The van der Waals surface area contributed by atoms with Crippen LogP contribution in [0.15, 0.2) is 55.6 Å². The number of benzene rings is 1. The maximum atomic E-state index is 14.7. The van der Waals surface area contributed by atoms with Crippen LogP contribution in [0, 0.1) is 17.8 Å². The predicted octanol–water partition coefficient (Wildman–Crippen LogP) is 3.90. The van der Waals surface area contributed by atoms with Gasteiger partial charge >= 0.3 is 0 Å². The minimum Gasteiger partial charge on any atom is -0.394 e. The summed E-state index contributed by atoms with van der Waals surface area (Å²) in [6.07, 6.45) is 5.94. The number of amides is 3. The summed E-state index contributed by atoms with van der Waals surface area (Å²) in [5.41, 5.74) is 0.776. The average molecular weight is 554 g/mol. The zero-order chi connectivity index (χ0) is 28.5. The van der Waals surface area contributed by atoms with Crippen LogP contribution < -0.4 is 0 Å². The van der Waals surface area contributed by atoms with Crippen LogP contribution in [0.5, 0.6) is 0 Å². The van der Waals surface area contributed by atoms with E-state index >= 15 is 0 Å². The van der Waals surface area contributed by atoms with Gasteiger partial charge in [0.15, 0.2) is 0 Å². The number of hydrogen-bond acceptors (Lipinski definition) is 5. The molecule has 1 N–H and O–H groups in total. The molecule has 8 heteroatoms. The Morgan fingerprint density at radius 2 is 1.87 bits per heavy atom. The Kier molecular flexibility index (Phi) is 8.96. The van der Waals surface area contributed by atoms with Crippen molar-refractivity contribution in [1.82, 2.24) is 14.7 Å². The molecule has 2 bridgehead atoms. The van der Waals surface area contributed by atoms with Crippen molar-refractivity contribution < 1.29 is 19.5 Å². The minimum absolute atomic E-state index is 0.0311. The van der Waals surface area contributed by atoms with Gasteiger partial charge in [0, 0.05) is 31.4 Å². The van der Waals surface area contributed by atoms with E-state index in [1.54, 1.807) is 40.8 Å². The summed E-state index contributed by atoms with van der Waals surface area (Å²) in [6, 6.07) is 7.90. The van der Waals surface area contributed by atoms with E-state index in [1.807, 2.05) is 42.2 Å². The fraction of sp³-hybridized carbons (Fsp3) is 0.581. The van der Waals surface area contributed by atoms with E-state index in [1.165, 1.54) is 0 Å². The van der Waals surface area contributed by atoms with Crippen molar-refractivity contribution in [2.75, 3.05) is 26.7 Å². The van der Waals surface area contributed by atoms with Gasteiger partial charge in [0.2, 0.25) is 17.7 Å². The summed E-state index contributed by atoms with van der Waals surface area (Å²) in [6.45, 7) is 14.4. The number of thioether (sulfide) groups is 1. The SMILES string of the molecule is C=CCN(C)C(=O)[C@@H]1[C@H]2C(=O)N([C@H](CO)c3ccccc3)C(C(=O)N(CC=C)C(C)CCC)C23S[C@@H]1CC3C. The largest absolute Gasteiger partial charge is 0.394 e. The monoisotopic (exact) mass is 553 g/mol. The Labute approximate surface area is 237 Å². The van der Waals surface area contributed by atoms with Crippen molar-refractivity contribution in [1.29, 1.82) is 0 Å². The molecule has 3 saturated heterocycles. The number of hydrogen-bond donors (Lipinski definition) is 1. The molecular weight excluding hydrogens is 510 g/mol. The zero-order valence-corrected chi connectivity index (χ0v) is 24.5. The lowest BCUT2D eigenvalue weighted by Gasteiger charge is -2.43. The fourth-order valence-corrected chi connectivity index (χ4v) is 9.68. The fourth-order valence-electron chi connectivity index (χ4n) is 7.28. The number of rotatable bonds is 12. The Hall–Kier alpha value is -2.58. The first kappa shape index (κ1) is 29.4. The standard InChI is InChI=1S/C31H43N3O4S/c1-7-13-21(5)33(17-9-3)30(38)27-31-20(4)18-24(39-31)25(28(36)32(6)16-8-2)26(31)29(37)34(27)23(19-35)22-14-11-10-12-15-22/h8-12,14-15,20-21,23-27,35H,2-3,7,13,16-19H2,1,4-6H3/t20?,21?,23-,24-,25+,26+,27?,31?/m1/s1. The highest BCUT2D eigenvalue weighted by molar-refractivity contribution is 8.02. The molecule has 3 fully saturated rings. The average Bonchev–Trinajstić information content (AvgIpc) is 3.52. The maximum absolute atomic E-state index is 14.7. The van der Waals surface area contributed by atoms with Crippen LogP contribution in [0.25, 0.3) is 0 Å². The van der Waals surface area contributed by atoms with Crippen molar-refractivity contribution in [3.8, 4) is 0 Å². The van der Waals surface area contributed by atoms with Gasteiger partial charge in [-0.05, 0) is 31.2 Å². The van der Waals surface area contributed by atoms with Gasteiger partial charge < -0.3 is 19.8 Å². The van der Waals surface area contributed by atoms with Gasteiger partial charge in [0.25, 0.3) is 0 Å². The second-order valence-corrected chi connectivity index (χ2v) is 12.9. The van der Waals surface area contributed by atoms with E-state index < -0.39 is 28.7 Å². The van der Waals surface area contributed by atoms with Crippen molar-refractivity contribution in [3.05, 3.63) is 61.2 Å². The number of aliphatic hydroxyl groups excluding tert-OH is 1. The van der Waals surface area contributed by atoms with E-state index in [9.17, 15) is 19.5 Å². The molecule has 7 nitrogen and oxygen atoms in total. The molecular formula is C31H43N3O4S. The Morgan fingerprint density at radius 1 is 1.21 bits per heavy atom. The van der Waals surface area contributed by atoms with Gasteiger partial charge in [-0.2, -0.15) is 0 Å².